The Morgan fingerprint density at radius 1 is 0.604 bits per heavy atom. The number of imide groups is 1. The number of nitrogens with one attached hydrogen (secondary N) is 2. The summed E-state index contributed by atoms with van der Waals surface area (Å²) in [5, 5.41) is 5.68. The van der Waals surface area contributed by atoms with Crippen LogP contribution in [0.1, 0.15) is 36.0 Å². The maximum atomic E-state index is 12.3. The quantitative estimate of drug-likeness (QED) is 0.144. The molecule has 12 nitrogen and oxygen atoms in total. The number of carbonyl (C=O) groups is 4. The number of amides is 4. The minimum atomic E-state index is -0.398. The largest absolute Gasteiger partial charge is 0.379 e. The SMILES string of the molecule is O=C(CCOCCOCCOCCOCCNC(=O)CCN1C(=O)C=CC1=O)NCCCN1Cc2ccccc2/C=C\c2ccccc21. The number of rotatable bonds is 22. The van der Waals surface area contributed by atoms with E-state index in [2.05, 4.69) is 76.2 Å². The van der Waals surface area contributed by atoms with Gasteiger partial charge in [0.2, 0.25) is 11.8 Å². The van der Waals surface area contributed by atoms with Crippen LogP contribution in [0.2, 0.25) is 0 Å². The number of ether oxygens (including phenoxy) is 4. The predicted molar refractivity (Wildman–Crippen MR) is 182 cm³/mol. The highest BCUT2D eigenvalue weighted by molar-refractivity contribution is 6.13. The second-order valence-electron chi connectivity index (χ2n) is 11.2. The number of anilines is 1. The molecule has 0 saturated heterocycles. The van der Waals surface area contributed by atoms with E-state index < -0.39 is 11.8 Å². The lowest BCUT2D eigenvalue weighted by Gasteiger charge is -2.29. The number of fused-ring (bicyclic) bond motifs is 2. The van der Waals surface area contributed by atoms with Gasteiger partial charge in [-0.3, -0.25) is 24.1 Å². The van der Waals surface area contributed by atoms with E-state index >= 15 is 0 Å². The van der Waals surface area contributed by atoms with Gasteiger partial charge in [0, 0.05) is 63.4 Å². The Kier molecular flexibility index (Phi) is 15.8. The zero-order chi connectivity index (χ0) is 33.8. The van der Waals surface area contributed by atoms with Gasteiger partial charge >= 0.3 is 0 Å². The van der Waals surface area contributed by atoms with Gasteiger partial charge < -0.3 is 34.5 Å². The molecule has 4 rings (SSSR count). The number of hydrogen-bond acceptors (Lipinski definition) is 9. The third-order valence-electron chi connectivity index (χ3n) is 7.68. The molecule has 0 unspecified atom stereocenters. The first-order chi connectivity index (χ1) is 23.5. The summed E-state index contributed by atoms with van der Waals surface area (Å²) in [6.07, 6.45) is 7.92. The Balaban J connectivity index is 0.920. The molecule has 0 bridgehead atoms. The monoisotopic (exact) mass is 662 g/mol. The van der Waals surface area contributed by atoms with E-state index in [0.29, 0.717) is 72.4 Å². The second-order valence-corrected chi connectivity index (χ2v) is 11.2. The Labute approximate surface area is 282 Å². The fourth-order valence-electron chi connectivity index (χ4n) is 5.16. The fourth-order valence-corrected chi connectivity index (χ4v) is 5.16. The molecule has 0 spiro atoms. The van der Waals surface area contributed by atoms with Gasteiger partial charge in [-0.25, -0.2) is 0 Å². The number of carbonyl (C=O) groups excluding carboxylic acids is 4. The topological polar surface area (TPSA) is 136 Å². The lowest BCUT2D eigenvalue weighted by Crippen LogP contribution is -2.35. The summed E-state index contributed by atoms with van der Waals surface area (Å²) in [6.45, 7) is 5.71. The Hall–Kier alpha value is -4.36. The van der Waals surface area contributed by atoms with E-state index in [0.717, 1.165) is 24.4 Å². The van der Waals surface area contributed by atoms with Crippen molar-refractivity contribution in [3.63, 3.8) is 0 Å². The van der Waals surface area contributed by atoms with Crippen molar-refractivity contribution in [1.29, 1.82) is 0 Å². The first-order valence-electron chi connectivity index (χ1n) is 16.5. The molecule has 0 fully saturated rings. The van der Waals surface area contributed by atoms with Crippen molar-refractivity contribution >= 4 is 41.5 Å². The van der Waals surface area contributed by atoms with Crippen LogP contribution in [0.25, 0.3) is 12.2 Å². The van der Waals surface area contributed by atoms with Crippen molar-refractivity contribution in [1.82, 2.24) is 15.5 Å². The summed E-state index contributed by atoms with van der Waals surface area (Å²) in [5.41, 5.74) is 4.91. The normalized spacial score (nSPS) is 14.3. The first-order valence-corrected chi connectivity index (χ1v) is 16.5. The summed E-state index contributed by atoms with van der Waals surface area (Å²) in [4.78, 5) is 50.4. The van der Waals surface area contributed by atoms with Crippen molar-refractivity contribution < 1.29 is 38.1 Å². The van der Waals surface area contributed by atoms with Gasteiger partial charge in [0.15, 0.2) is 0 Å². The summed E-state index contributed by atoms with van der Waals surface area (Å²) in [6, 6.07) is 16.9. The summed E-state index contributed by atoms with van der Waals surface area (Å²) >= 11 is 0. The van der Waals surface area contributed by atoms with Crippen LogP contribution in [0.4, 0.5) is 5.69 Å². The number of para-hydroxylation sites is 1. The summed E-state index contributed by atoms with van der Waals surface area (Å²) < 4.78 is 21.9. The molecule has 12 heteroatoms. The van der Waals surface area contributed by atoms with Gasteiger partial charge in [0.05, 0.1) is 52.9 Å². The summed E-state index contributed by atoms with van der Waals surface area (Å²) in [7, 11) is 0. The van der Waals surface area contributed by atoms with Crippen LogP contribution in [-0.2, 0) is 44.7 Å². The van der Waals surface area contributed by atoms with E-state index in [1.807, 2.05) is 0 Å². The molecule has 258 valence electrons. The third-order valence-corrected chi connectivity index (χ3v) is 7.68. The Morgan fingerprint density at radius 2 is 1.17 bits per heavy atom. The highest BCUT2D eigenvalue weighted by atomic mass is 16.6. The zero-order valence-corrected chi connectivity index (χ0v) is 27.4. The molecular weight excluding hydrogens is 616 g/mol. The van der Waals surface area contributed by atoms with Crippen LogP contribution in [0.15, 0.2) is 60.7 Å². The molecule has 2 aliphatic rings. The molecule has 2 N–H and O–H groups in total. The molecule has 2 heterocycles. The van der Waals surface area contributed by atoms with Crippen LogP contribution in [0.5, 0.6) is 0 Å². The van der Waals surface area contributed by atoms with Gasteiger partial charge in [-0.2, -0.15) is 0 Å². The molecule has 2 aromatic rings. The average molecular weight is 663 g/mol. The van der Waals surface area contributed by atoms with Crippen molar-refractivity contribution in [3.8, 4) is 0 Å². The van der Waals surface area contributed by atoms with Crippen LogP contribution in [-0.4, -0.2) is 108 Å². The van der Waals surface area contributed by atoms with Crippen LogP contribution in [0, 0.1) is 0 Å². The molecule has 2 aliphatic heterocycles. The molecule has 48 heavy (non-hydrogen) atoms. The molecule has 0 radical (unpaired) electrons. The van der Waals surface area contributed by atoms with Gasteiger partial charge in [-0.1, -0.05) is 54.6 Å². The van der Waals surface area contributed by atoms with E-state index in [-0.39, 0.29) is 24.8 Å². The van der Waals surface area contributed by atoms with Gasteiger partial charge in [-0.05, 0) is 29.2 Å². The molecule has 0 aromatic heterocycles. The van der Waals surface area contributed by atoms with Gasteiger partial charge in [0.25, 0.3) is 11.8 Å². The van der Waals surface area contributed by atoms with E-state index in [1.165, 1.54) is 34.5 Å². The van der Waals surface area contributed by atoms with Crippen molar-refractivity contribution in [2.75, 3.05) is 83.9 Å². The second kappa shape index (κ2) is 20.8. The van der Waals surface area contributed by atoms with Crippen molar-refractivity contribution in [2.45, 2.75) is 25.8 Å². The molecular formula is C36H46N4O8. The lowest BCUT2D eigenvalue weighted by molar-refractivity contribution is -0.137. The van der Waals surface area contributed by atoms with Crippen LogP contribution >= 0.6 is 0 Å². The lowest BCUT2D eigenvalue weighted by atomic mass is 10.0. The van der Waals surface area contributed by atoms with Crippen LogP contribution < -0.4 is 15.5 Å². The summed E-state index contributed by atoms with van der Waals surface area (Å²) in [5.74, 6) is -1.08. The highest BCUT2D eigenvalue weighted by Crippen LogP contribution is 2.28. The molecule has 0 atom stereocenters. The Morgan fingerprint density at radius 3 is 1.90 bits per heavy atom. The zero-order valence-electron chi connectivity index (χ0n) is 27.4. The van der Waals surface area contributed by atoms with E-state index in [1.54, 1.807) is 0 Å². The predicted octanol–water partition coefficient (Wildman–Crippen LogP) is 2.57. The minimum Gasteiger partial charge on any atom is -0.379 e. The molecule has 0 aliphatic carbocycles. The third kappa shape index (κ3) is 12.7. The fraction of sp³-hybridized carbons (Fsp3) is 0.444. The van der Waals surface area contributed by atoms with Crippen molar-refractivity contribution in [2.24, 2.45) is 0 Å². The Bertz CT molecular complexity index is 1390. The molecule has 2 aromatic carbocycles. The van der Waals surface area contributed by atoms with E-state index in [4.69, 9.17) is 18.9 Å². The maximum Gasteiger partial charge on any atom is 0.253 e. The molecule has 4 amide bonds. The van der Waals surface area contributed by atoms with Crippen molar-refractivity contribution in [3.05, 3.63) is 77.4 Å². The first kappa shape index (κ1) is 36.5. The van der Waals surface area contributed by atoms with Gasteiger partial charge in [-0.15, -0.1) is 0 Å². The smallest absolute Gasteiger partial charge is 0.253 e. The maximum absolute atomic E-state index is 12.3. The van der Waals surface area contributed by atoms with Crippen LogP contribution in [0.3, 0.4) is 0 Å². The minimum absolute atomic E-state index is 0.0269. The average Bonchev–Trinajstić information content (AvgIpc) is 3.41. The number of hydrogen-bond donors (Lipinski definition) is 2. The van der Waals surface area contributed by atoms with Gasteiger partial charge in [0.1, 0.15) is 0 Å². The van der Waals surface area contributed by atoms with E-state index in [9.17, 15) is 19.2 Å². The highest BCUT2D eigenvalue weighted by Gasteiger charge is 2.23. The number of nitrogens with zero attached hydrogens (tertiary/aromatic N) is 2. The molecule has 0 saturated carbocycles. The standard InChI is InChI=1S/C36H46N4O8/c41-33(14-19-40-35(43)12-13-36(40)44)38-17-21-46-23-25-48-27-26-47-24-22-45-20-15-34(42)37-16-5-18-39-28-31-8-2-1-6-29(31)10-11-30-7-3-4-9-32(30)39/h1-4,6-13H,5,14-28H2,(H,37,42)(H,38,41)/b11-10-. The number of benzene rings is 2.